The summed E-state index contributed by atoms with van der Waals surface area (Å²) in [5.41, 5.74) is 1.30. The van der Waals surface area contributed by atoms with Crippen LogP contribution >= 0.6 is 0 Å². The maximum absolute atomic E-state index is 12.2. The molecule has 1 fully saturated rings. The zero-order valence-corrected chi connectivity index (χ0v) is 10.6. The first-order valence-corrected chi connectivity index (χ1v) is 6.31. The Morgan fingerprint density at radius 2 is 2.06 bits per heavy atom. The average Bonchev–Trinajstić information content (AvgIpc) is 2.41. The molecule has 4 nitrogen and oxygen atoms in total. The fraction of sp³-hybridized carbons (Fsp3) is 0.500. The molecule has 0 unspecified atom stereocenters. The lowest BCUT2D eigenvalue weighted by molar-refractivity contribution is 0.0650. The number of aromatic hydroxyl groups is 1. The summed E-state index contributed by atoms with van der Waals surface area (Å²) in [5.74, 6) is 0.438. The summed E-state index contributed by atoms with van der Waals surface area (Å²) in [6.45, 7) is 3.36. The van der Waals surface area contributed by atoms with Gasteiger partial charge >= 0.3 is 0 Å². The van der Waals surface area contributed by atoms with Crippen molar-refractivity contribution in [3.63, 3.8) is 0 Å². The van der Waals surface area contributed by atoms with Crippen LogP contribution in [0, 0.1) is 12.8 Å². The molecule has 1 aromatic rings. The third-order valence-corrected chi connectivity index (χ3v) is 3.62. The Hall–Kier alpha value is -1.55. The number of carbonyl (C=O) groups is 1. The van der Waals surface area contributed by atoms with Gasteiger partial charge in [-0.2, -0.15) is 0 Å². The second kappa shape index (κ2) is 5.40. The highest BCUT2D eigenvalue weighted by atomic mass is 16.3. The van der Waals surface area contributed by atoms with Gasteiger partial charge in [0.05, 0.1) is 0 Å². The summed E-state index contributed by atoms with van der Waals surface area (Å²) in [6.07, 6.45) is 1.69. The van der Waals surface area contributed by atoms with Crippen molar-refractivity contribution in [2.45, 2.75) is 19.8 Å². The standard InChI is InChI=1S/C14H19NO3/c1-10-2-3-12(8-13(10)17)14(18)15-6-4-11(9-16)5-7-15/h2-3,8,11,16-17H,4-7,9H2,1H3. The molecule has 0 aliphatic carbocycles. The predicted octanol–water partition coefficient (Wildman–Crippen LogP) is 1.55. The number of amides is 1. The highest BCUT2D eigenvalue weighted by Gasteiger charge is 2.23. The van der Waals surface area contributed by atoms with Gasteiger partial charge in [0.2, 0.25) is 0 Å². The zero-order chi connectivity index (χ0) is 13.1. The van der Waals surface area contributed by atoms with Crippen LogP contribution in [-0.4, -0.2) is 40.7 Å². The highest BCUT2D eigenvalue weighted by molar-refractivity contribution is 5.94. The SMILES string of the molecule is Cc1ccc(C(=O)N2CCC(CO)CC2)cc1O. The molecule has 0 bridgehead atoms. The van der Waals surface area contributed by atoms with E-state index in [1.807, 2.05) is 0 Å². The summed E-state index contributed by atoms with van der Waals surface area (Å²) >= 11 is 0. The molecule has 98 valence electrons. The number of nitrogens with zero attached hydrogens (tertiary/aromatic N) is 1. The second-order valence-electron chi connectivity index (χ2n) is 4.92. The van der Waals surface area contributed by atoms with Crippen LogP contribution in [0.4, 0.5) is 0 Å². The molecule has 18 heavy (non-hydrogen) atoms. The largest absolute Gasteiger partial charge is 0.508 e. The van der Waals surface area contributed by atoms with Crippen LogP contribution in [0.15, 0.2) is 18.2 Å². The van der Waals surface area contributed by atoms with Crippen molar-refractivity contribution in [3.8, 4) is 5.75 Å². The van der Waals surface area contributed by atoms with Gasteiger partial charge in [0, 0.05) is 25.3 Å². The van der Waals surface area contributed by atoms with Gasteiger partial charge in [0.1, 0.15) is 5.75 Å². The quantitative estimate of drug-likeness (QED) is 0.836. The molecule has 4 heteroatoms. The number of likely N-dealkylation sites (tertiary alicyclic amines) is 1. The molecule has 1 aliphatic rings. The van der Waals surface area contributed by atoms with Crippen LogP contribution in [0.3, 0.4) is 0 Å². The number of phenols is 1. The van der Waals surface area contributed by atoms with Gasteiger partial charge in [-0.3, -0.25) is 4.79 Å². The van der Waals surface area contributed by atoms with E-state index >= 15 is 0 Å². The molecule has 1 saturated heterocycles. The predicted molar refractivity (Wildman–Crippen MR) is 68.6 cm³/mol. The number of hydrogen-bond donors (Lipinski definition) is 2. The number of aliphatic hydroxyl groups is 1. The van der Waals surface area contributed by atoms with Crippen molar-refractivity contribution in [1.82, 2.24) is 4.90 Å². The highest BCUT2D eigenvalue weighted by Crippen LogP contribution is 2.21. The third kappa shape index (κ3) is 2.64. The number of aliphatic hydroxyl groups excluding tert-OH is 1. The summed E-state index contributed by atoms with van der Waals surface area (Å²) < 4.78 is 0. The van der Waals surface area contributed by atoms with E-state index in [-0.39, 0.29) is 18.3 Å². The van der Waals surface area contributed by atoms with Crippen LogP contribution in [0.2, 0.25) is 0 Å². The summed E-state index contributed by atoms with van der Waals surface area (Å²) in [7, 11) is 0. The van der Waals surface area contributed by atoms with E-state index < -0.39 is 0 Å². The molecule has 0 aromatic heterocycles. The Kier molecular flexibility index (Phi) is 3.87. The Labute approximate surface area is 107 Å². The van der Waals surface area contributed by atoms with Crippen LogP contribution in [0.5, 0.6) is 5.75 Å². The lowest BCUT2D eigenvalue weighted by Gasteiger charge is -2.31. The Bertz CT molecular complexity index is 437. The van der Waals surface area contributed by atoms with Gasteiger partial charge in [-0.25, -0.2) is 0 Å². The smallest absolute Gasteiger partial charge is 0.253 e. The lowest BCUT2D eigenvalue weighted by Crippen LogP contribution is -2.39. The molecule has 1 aromatic carbocycles. The molecular weight excluding hydrogens is 230 g/mol. The molecule has 1 heterocycles. The van der Waals surface area contributed by atoms with E-state index in [0.29, 0.717) is 24.6 Å². The fourth-order valence-electron chi connectivity index (χ4n) is 2.24. The first-order valence-electron chi connectivity index (χ1n) is 6.31. The normalized spacial score (nSPS) is 16.9. The van der Waals surface area contributed by atoms with Crippen molar-refractivity contribution in [2.24, 2.45) is 5.92 Å². The van der Waals surface area contributed by atoms with Gasteiger partial charge in [-0.1, -0.05) is 6.07 Å². The van der Waals surface area contributed by atoms with E-state index in [1.165, 1.54) is 6.07 Å². The van der Waals surface area contributed by atoms with E-state index in [9.17, 15) is 9.90 Å². The Balaban J connectivity index is 2.05. The number of carbonyl (C=O) groups excluding carboxylic acids is 1. The molecule has 2 rings (SSSR count). The van der Waals surface area contributed by atoms with E-state index in [2.05, 4.69) is 0 Å². The topological polar surface area (TPSA) is 60.8 Å². The van der Waals surface area contributed by atoms with Gasteiger partial charge < -0.3 is 15.1 Å². The number of benzene rings is 1. The van der Waals surface area contributed by atoms with Gasteiger partial charge in [-0.15, -0.1) is 0 Å². The van der Waals surface area contributed by atoms with E-state index in [0.717, 1.165) is 18.4 Å². The van der Waals surface area contributed by atoms with Crippen LogP contribution < -0.4 is 0 Å². The molecule has 0 radical (unpaired) electrons. The number of hydrogen-bond acceptors (Lipinski definition) is 3. The molecule has 2 N–H and O–H groups in total. The molecule has 1 aliphatic heterocycles. The minimum Gasteiger partial charge on any atom is -0.508 e. The first kappa shape index (κ1) is 12.9. The molecule has 1 amide bonds. The minimum absolute atomic E-state index is 0.0401. The maximum Gasteiger partial charge on any atom is 0.253 e. The van der Waals surface area contributed by atoms with Crippen molar-refractivity contribution < 1.29 is 15.0 Å². The van der Waals surface area contributed by atoms with Crippen LogP contribution in [0.1, 0.15) is 28.8 Å². The summed E-state index contributed by atoms with van der Waals surface area (Å²) in [5, 5.41) is 18.7. The molecule has 0 spiro atoms. The Morgan fingerprint density at radius 1 is 1.39 bits per heavy atom. The number of piperidine rings is 1. The monoisotopic (exact) mass is 249 g/mol. The van der Waals surface area contributed by atoms with Crippen molar-refractivity contribution in [2.75, 3.05) is 19.7 Å². The number of phenolic OH excluding ortho intramolecular Hbond substituents is 1. The van der Waals surface area contributed by atoms with Crippen LogP contribution in [-0.2, 0) is 0 Å². The van der Waals surface area contributed by atoms with Gasteiger partial charge in [-0.05, 0) is 43.4 Å². The molecule has 0 saturated carbocycles. The fourth-order valence-corrected chi connectivity index (χ4v) is 2.24. The third-order valence-electron chi connectivity index (χ3n) is 3.62. The summed E-state index contributed by atoms with van der Waals surface area (Å²) in [4.78, 5) is 14.0. The zero-order valence-electron chi connectivity index (χ0n) is 10.6. The number of aryl methyl sites for hydroxylation is 1. The van der Waals surface area contributed by atoms with Crippen molar-refractivity contribution in [3.05, 3.63) is 29.3 Å². The summed E-state index contributed by atoms with van der Waals surface area (Å²) in [6, 6.07) is 5.02. The number of rotatable bonds is 2. The minimum atomic E-state index is -0.0401. The second-order valence-corrected chi connectivity index (χ2v) is 4.92. The Morgan fingerprint density at radius 3 is 2.61 bits per heavy atom. The van der Waals surface area contributed by atoms with Crippen molar-refractivity contribution in [1.29, 1.82) is 0 Å². The van der Waals surface area contributed by atoms with Crippen LogP contribution in [0.25, 0.3) is 0 Å². The molecule has 0 atom stereocenters. The lowest BCUT2D eigenvalue weighted by atomic mass is 9.97. The average molecular weight is 249 g/mol. The molecular formula is C14H19NO3. The van der Waals surface area contributed by atoms with Gasteiger partial charge in [0.15, 0.2) is 0 Å². The van der Waals surface area contributed by atoms with E-state index in [1.54, 1.807) is 24.0 Å². The first-order chi connectivity index (χ1) is 8.61. The maximum atomic E-state index is 12.2. The van der Waals surface area contributed by atoms with Gasteiger partial charge in [0.25, 0.3) is 5.91 Å². The van der Waals surface area contributed by atoms with Crippen molar-refractivity contribution >= 4 is 5.91 Å². The van der Waals surface area contributed by atoms with E-state index in [4.69, 9.17) is 5.11 Å².